The summed E-state index contributed by atoms with van der Waals surface area (Å²) in [4.78, 5) is 67.0. The van der Waals surface area contributed by atoms with Crippen molar-refractivity contribution in [2.45, 2.75) is 81.5 Å². The third-order valence-corrected chi connectivity index (χ3v) is 11.6. The average molecular weight is 633 g/mol. The standard InChI is InChI=1S/C29H37N5O9S/c1-16(35)20-11-18(33(41)42)8-7-17(20)15-43-27(40)34(4)14-22(28(2,30)29(34,3)26(39)31-9-5-6-10-31)44-21-12-19-13-23(36)32(19)24(21)25(37)38/h7-8,11,16,19,22,35H,5-6,9-10,12-15,30H2,1-4H3/p+1/t16?,19-,22+,28-,29-,34+/m1/s1. The molecular formula is C29H38N5O9S+. The number of aliphatic hydroxyl groups is 1. The highest BCUT2D eigenvalue weighted by Crippen LogP contribution is 2.53. The number of β-lactam (4-membered cyclic amide) rings is 1. The maximum absolute atomic E-state index is 14.3. The van der Waals surface area contributed by atoms with Gasteiger partial charge in [-0.05, 0) is 43.9 Å². The summed E-state index contributed by atoms with van der Waals surface area (Å²) in [6.07, 6.45) is 0.421. The third-order valence-electron chi connectivity index (χ3n) is 10.0. The van der Waals surface area contributed by atoms with E-state index in [0.717, 1.165) is 12.8 Å². The van der Waals surface area contributed by atoms with E-state index >= 15 is 0 Å². The number of ether oxygens (including phenoxy) is 1. The van der Waals surface area contributed by atoms with Gasteiger partial charge in [0.2, 0.25) is 11.4 Å². The van der Waals surface area contributed by atoms with E-state index in [9.17, 15) is 39.5 Å². The largest absolute Gasteiger partial charge is 0.517 e. The van der Waals surface area contributed by atoms with E-state index in [1.54, 1.807) is 25.8 Å². The lowest BCUT2D eigenvalue weighted by Crippen LogP contribution is -2.75. The van der Waals surface area contributed by atoms with Crippen LogP contribution < -0.4 is 5.73 Å². The summed E-state index contributed by atoms with van der Waals surface area (Å²) in [6.45, 7) is 5.56. The molecule has 6 atom stereocenters. The average Bonchev–Trinajstić information content (AvgIpc) is 3.63. The van der Waals surface area contributed by atoms with Crippen molar-refractivity contribution in [2.75, 3.05) is 26.7 Å². The second kappa shape index (κ2) is 11.1. The molecule has 1 unspecified atom stereocenters. The number of likely N-dealkylation sites (N-methyl/N-ethyl adjacent to an activating group) is 1. The normalized spacial score (nSPS) is 32.0. The monoisotopic (exact) mass is 632 g/mol. The van der Waals surface area contributed by atoms with Crippen LogP contribution in [0.4, 0.5) is 10.5 Å². The Morgan fingerprint density at radius 1 is 1.25 bits per heavy atom. The summed E-state index contributed by atoms with van der Waals surface area (Å²) >= 11 is 1.20. The first-order valence-electron chi connectivity index (χ1n) is 14.6. The summed E-state index contributed by atoms with van der Waals surface area (Å²) in [5.74, 6) is -1.78. The molecule has 15 heteroatoms. The van der Waals surface area contributed by atoms with Crippen LogP contribution in [-0.4, -0.2) is 102 Å². The predicted molar refractivity (Wildman–Crippen MR) is 158 cm³/mol. The molecule has 1 aromatic rings. The fourth-order valence-electron chi connectivity index (χ4n) is 7.03. The summed E-state index contributed by atoms with van der Waals surface area (Å²) in [6, 6.07) is 3.68. The third kappa shape index (κ3) is 4.76. The number of benzene rings is 1. The molecule has 0 radical (unpaired) electrons. The zero-order valence-electron chi connectivity index (χ0n) is 25.1. The lowest BCUT2D eigenvalue weighted by molar-refractivity contribution is -0.867. The Balaban J connectivity index is 1.49. The molecule has 1 aromatic carbocycles. The van der Waals surface area contributed by atoms with Crippen molar-refractivity contribution in [3.8, 4) is 0 Å². The van der Waals surface area contributed by atoms with Crippen molar-refractivity contribution in [3.05, 3.63) is 50.0 Å². The topological polar surface area (TPSA) is 194 Å². The van der Waals surface area contributed by atoms with Gasteiger partial charge in [0.05, 0.1) is 34.9 Å². The van der Waals surface area contributed by atoms with Gasteiger partial charge >= 0.3 is 12.1 Å². The number of carboxylic acids is 1. The number of amides is 3. The van der Waals surface area contributed by atoms with E-state index in [-0.39, 0.29) is 54.4 Å². The van der Waals surface area contributed by atoms with Crippen LogP contribution in [-0.2, 0) is 25.7 Å². The number of nitro groups is 1. The molecule has 0 bridgehead atoms. The van der Waals surface area contributed by atoms with Crippen LogP contribution in [0, 0.1) is 10.1 Å². The van der Waals surface area contributed by atoms with E-state index in [0.29, 0.717) is 30.0 Å². The molecule has 14 nitrogen and oxygen atoms in total. The van der Waals surface area contributed by atoms with E-state index in [4.69, 9.17) is 10.5 Å². The van der Waals surface area contributed by atoms with Gasteiger partial charge in [0.25, 0.3) is 11.6 Å². The van der Waals surface area contributed by atoms with Crippen LogP contribution >= 0.6 is 11.8 Å². The van der Waals surface area contributed by atoms with Crippen LogP contribution in [0.3, 0.4) is 0 Å². The van der Waals surface area contributed by atoms with Gasteiger partial charge in [-0.1, -0.05) is 0 Å². The number of quaternary nitrogens is 1. The minimum Gasteiger partial charge on any atom is -0.477 e. The minimum absolute atomic E-state index is 0.0329. The van der Waals surface area contributed by atoms with Gasteiger partial charge in [0.15, 0.2) is 0 Å². The highest BCUT2D eigenvalue weighted by Gasteiger charge is 2.74. The first kappa shape index (κ1) is 31.9. The number of non-ortho nitro benzene ring substituents is 1. The number of aliphatic carboxylic acids is 1. The molecule has 0 aromatic heterocycles. The molecule has 4 heterocycles. The smallest absolute Gasteiger partial charge is 0.477 e. The number of nitrogens with two attached hydrogens (primary N) is 1. The molecule has 4 N–H and O–H groups in total. The van der Waals surface area contributed by atoms with Crippen molar-refractivity contribution in [3.63, 3.8) is 0 Å². The number of carboxylic acid groups (broad SMARTS) is 1. The second-order valence-electron chi connectivity index (χ2n) is 12.6. The number of aliphatic hydroxyl groups excluding tert-OH is 1. The zero-order valence-corrected chi connectivity index (χ0v) is 26.0. The number of thioether (sulfide) groups is 1. The van der Waals surface area contributed by atoms with Gasteiger partial charge in [-0.25, -0.2) is 9.28 Å². The lowest BCUT2D eigenvalue weighted by Gasteiger charge is -2.46. The molecular weight excluding hydrogens is 594 g/mol. The van der Waals surface area contributed by atoms with Gasteiger partial charge in [0, 0.05) is 49.9 Å². The molecule has 5 rings (SSSR count). The molecule has 44 heavy (non-hydrogen) atoms. The molecule has 0 aliphatic carbocycles. The Morgan fingerprint density at radius 3 is 2.48 bits per heavy atom. The van der Waals surface area contributed by atoms with Crippen LogP contribution in [0.25, 0.3) is 0 Å². The van der Waals surface area contributed by atoms with Crippen molar-refractivity contribution < 1.29 is 43.5 Å². The van der Waals surface area contributed by atoms with Crippen molar-refractivity contribution >= 4 is 41.3 Å². The molecule has 3 fully saturated rings. The minimum atomic E-state index is -1.52. The summed E-state index contributed by atoms with van der Waals surface area (Å²) in [5.41, 5.74) is 4.53. The number of carbonyl (C=O) groups is 4. The molecule has 3 amide bonds. The number of fused-ring (bicyclic) bond motifs is 1. The van der Waals surface area contributed by atoms with E-state index in [2.05, 4.69) is 0 Å². The van der Waals surface area contributed by atoms with E-state index in [1.165, 1.54) is 41.8 Å². The fraction of sp³-hybridized carbons (Fsp3) is 0.586. The Hall–Kier alpha value is -3.53. The maximum atomic E-state index is 14.3. The Bertz CT molecular complexity index is 1470. The van der Waals surface area contributed by atoms with E-state index < -0.39 is 43.9 Å². The SMILES string of the molecule is CC(O)c1cc([N+](=O)[O-])ccc1COC(=O)[N@+]1(C)C[C@H](SC2=C(C(=O)O)N3C(=O)C[C@H]3C2)[C@@](C)(N)[C@@]1(C)C(=O)N1CCCC1. The summed E-state index contributed by atoms with van der Waals surface area (Å²) in [7, 11) is 1.59. The van der Waals surface area contributed by atoms with E-state index in [1.807, 2.05) is 0 Å². The number of nitro benzene ring substituents is 1. The van der Waals surface area contributed by atoms with Crippen molar-refractivity contribution in [2.24, 2.45) is 5.73 Å². The summed E-state index contributed by atoms with van der Waals surface area (Å²) in [5, 5.41) is 30.9. The molecule has 4 aliphatic heterocycles. The van der Waals surface area contributed by atoms with Crippen LogP contribution in [0.5, 0.6) is 0 Å². The van der Waals surface area contributed by atoms with Gasteiger partial charge in [-0.15, -0.1) is 11.8 Å². The number of likely N-dealkylation sites (tertiary alicyclic amines) is 2. The van der Waals surface area contributed by atoms with Crippen LogP contribution in [0.2, 0.25) is 0 Å². The number of carbonyl (C=O) groups excluding carboxylic acids is 3. The first-order valence-corrected chi connectivity index (χ1v) is 15.4. The van der Waals surface area contributed by atoms with Crippen LogP contribution in [0.1, 0.15) is 63.7 Å². The molecule has 4 aliphatic rings. The van der Waals surface area contributed by atoms with Crippen molar-refractivity contribution in [1.82, 2.24) is 9.80 Å². The number of rotatable bonds is 8. The molecule has 0 spiro atoms. The maximum Gasteiger partial charge on any atom is 0.517 e. The quantitative estimate of drug-likeness (QED) is 0.165. The zero-order chi connectivity index (χ0) is 32.4. The number of hydrogen-bond acceptors (Lipinski definition) is 10. The lowest BCUT2D eigenvalue weighted by atomic mass is 9.78. The van der Waals surface area contributed by atoms with Gasteiger partial charge in [-0.2, -0.15) is 4.79 Å². The Morgan fingerprint density at radius 2 is 1.91 bits per heavy atom. The first-order chi connectivity index (χ1) is 20.5. The fourth-order valence-corrected chi connectivity index (χ4v) is 8.81. The summed E-state index contributed by atoms with van der Waals surface area (Å²) < 4.78 is 5.27. The molecule has 0 saturated carbocycles. The molecule has 3 saturated heterocycles. The Labute approximate surface area is 258 Å². The number of nitrogens with zero attached hydrogens (tertiary/aromatic N) is 4. The second-order valence-corrected chi connectivity index (χ2v) is 13.9. The highest BCUT2D eigenvalue weighted by atomic mass is 32.2. The van der Waals surface area contributed by atoms with Gasteiger partial charge < -0.3 is 30.5 Å². The Kier molecular flexibility index (Phi) is 8.06. The van der Waals surface area contributed by atoms with Crippen molar-refractivity contribution in [1.29, 1.82) is 0 Å². The van der Waals surface area contributed by atoms with Gasteiger partial charge in [0.1, 0.15) is 18.8 Å². The van der Waals surface area contributed by atoms with Crippen LogP contribution in [0.15, 0.2) is 28.8 Å². The molecule has 238 valence electrons. The highest BCUT2D eigenvalue weighted by molar-refractivity contribution is 8.03. The predicted octanol–water partition coefficient (Wildman–Crippen LogP) is 2.25. The van der Waals surface area contributed by atoms with Gasteiger partial charge in [-0.3, -0.25) is 19.7 Å². The number of hydrogen-bond donors (Lipinski definition) is 3.